The Hall–Kier alpha value is -4.83. The lowest BCUT2D eigenvalue weighted by molar-refractivity contribution is -0.161. The molecule has 0 aliphatic carbocycles. The number of allylic oxidation sites excluding steroid dienone is 26. The van der Waals surface area contributed by atoms with Crippen molar-refractivity contribution < 1.29 is 75.8 Å². The Labute approximate surface area is 727 Å². The first-order valence-corrected chi connectivity index (χ1v) is 50.8. The first-order valence-electron chi connectivity index (χ1n) is 47.8. The lowest BCUT2D eigenvalue weighted by Crippen LogP contribution is -2.30. The second-order valence-electron chi connectivity index (χ2n) is 31.8. The van der Waals surface area contributed by atoms with Gasteiger partial charge in [0, 0.05) is 19.3 Å². The highest BCUT2D eigenvalue weighted by atomic mass is 31.2. The van der Waals surface area contributed by atoms with Crippen LogP contribution in [0.3, 0.4) is 0 Å². The average molecular weight is 1710 g/mol. The van der Waals surface area contributed by atoms with Crippen LogP contribution in [0.25, 0.3) is 0 Å². The number of hydrogen-bond donors (Lipinski definition) is 4. The fourth-order valence-electron chi connectivity index (χ4n) is 13.0. The SMILES string of the molecule is CC/C=C\C/C=C\C/C=C\C/C=C\C/C=C\CCCCCCCCCCCCCCCCCCCCCC(=O)OCC(O)COP(=O)(O)OCC(O)COP(=O)(O)OCC(COC(=O)CCCCCCCCCCCCCCCCC/C=C\C/C=C\C/C=C\C/C=C\CCCCC)OC(=O)CCCCCC/C=C\C/C=C\C/C=C\C/C=C\CC. The monoisotopic (exact) mass is 1710 g/mol. The molecule has 119 heavy (non-hydrogen) atoms. The van der Waals surface area contributed by atoms with Crippen LogP contribution in [0.4, 0.5) is 0 Å². The fourth-order valence-corrected chi connectivity index (χ4v) is 14.6. The Bertz CT molecular complexity index is 2790. The first kappa shape index (κ1) is 114. The maximum atomic E-state index is 13.0. The normalized spacial score (nSPS) is 14.4. The highest BCUT2D eigenvalue weighted by molar-refractivity contribution is 7.47. The van der Waals surface area contributed by atoms with Crippen LogP contribution < -0.4 is 0 Å². The number of rotatable bonds is 90. The predicted octanol–water partition coefficient (Wildman–Crippen LogP) is 29.7. The highest BCUT2D eigenvalue weighted by Gasteiger charge is 2.30. The minimum absolute atomic E-state index is 0.0747. The third-order valence-corrected chi connectivity index (χ3v) is 22.1. The minimum Gasteiger partial charge on any atom is -0.463 e. The molecule has 0 fully saturated rings. The van der Waals surface area contributed by atoms with E-state index < -0.39 is 91.5 Å². The number of hydrogen-bond acceptors (Lipinski definition) is 14. The van der Waals surface area contributed by atoms with Crippen LogP contribution >= 0.6 is 15.6 Å². The quantitative estimate of drug-likeness (QED) is 0.0146. The van der Waals surface area contributed by atoms with Crippen molar-refractivity contribution in [2.75, 3.05) is 39.6 Å². The summed E-state index contributed by atoms with van der Waals surface area (Å²) in [5.41, 5.74) is 0. The molecular formula is C101H174O16P2. The van der Waals surface area contributed by atoms with Crippen molar-refractivity contribution in [3.05, 3.63) is 158 Å². The van der Waals surface area contributed by atoms with Crippen molar-refractivity contribution in [1.29, 1.82) is 0 Å². The molecule has 0 spiro atoms. The predicted molar refractivity (Wildman–Crippen MR) is 500 cm³/mol. The number of unbranched alkanes of at least 4 members (excludes halogenated alkanes) is 41. The van der Waals surface area contributed by atoms with Crippen LogP contribution in [0.2, 0.25) is 0 Å². The van der Waals surface area contributed by atoms with E-state index >= 15 is 0 Å². The molecule has 4 N–H and O–H groups in total. The molecule has 0 aromatic rings. The largest absolute Gasteiger partial charge is 0.472 e. The van der Waals surface area contributed by atoms with Gasteiger partial charge < -0.3 is 34.2 Å². The number of esters is 3. The van der Waals surface area contributed by atoms with Gasteiger partial charge >= 0.3 is 33.6 Å². The Kier molecular flexibility index (Phi) is 88.6. The summed E-state index contributed by atoms with van der Waals surface area (Å²) < 4.78 is 61.5. The van der Waals surface area contributed by atoms with Crippen molar-refractivity contribution >= 4 is 33.6 Å². The lowest BCUT2D eigenvalue weighted by atomic mass is 10.0. The van der Waals surface area contributed by atoms with Gasteiger partial charge in [-0.25, -0.2) is 9.13 Å². The number of aliphatic hydroxyl groups excluding tert-OH is 2. The van der Waals surface area contributed by atoms with Gasteiger partial charge in [0.25, 0.3) is 0 Å². The van der Waals surface area contributed by atoms with Gasteiger partial charge in [0.05, 0.1) is 26.4 Å². The van der Waals surface area contributed by atoms with Crippen molar-refractivity contribution in [2.45, 2.75) is 424 Å². The van der Waals surface area contributed by atoms with Crippen molar-refractivity contribution in [1.82, 2.24) is 0 Å². The molecule has 16 nitrogen and oxygen atoms in total. The Balaban J connectivity index is 4.46. The van der Waals surface area contributed by atoms with Crippen molar-refractivity contribution in [3.63, 3.8) is 0 Å². The Morgan fingerprint density at radius 2 is 0.445 bits per heavy atom. The summed E-state index contributed by atoms with van der Waals surface area (Å²) in [5, 5.41) is 20.7. The third kappa shape index (κ3) is 93.7. The topological polar surface area (TPSA) is 231 Å². The zero-order valence-corrected chi connectivity index (χ0v) is 77.3. The van der Waals surface area contributed by atoms with Gasteiger partial charge in [-0.1, -0.05) is 397 Å². The van der Waals surface area contributed by atoms with E-state index in [2.05, 4.69) is 179 Å². The zero-order chi connectivity index (χ0) is 86.5. The summed E-state index contributed by atoms with van der Waals surface area (Å²) in [5.74, 6) is -1.59. The number of carbonyl (C=O) groups is 3. The summed E-state index contributed by atoms with van der Waals surface area (Å²) in [4.78, 5) is 59.0. The Morgan fingerprint density at radius 1 is 0.244 bits per heavy atom. The standard InChI is InChI=1S/C101H174O16P2/c1-4-7-10-13-16-19-22-25-28-31-33-35-37-39-41-43-45-46-47-48-50-52-53-55-57-59-61-64-66-69-72-75-78-81-84-87-99(104)111-90-96(102)91-113-118(107,108)114-92-97(103)93-115-119(109,110)116-95-98(117-101(106)89-86-83-80-77-74-71-68-63-30-27-24-21-18-15-12-9-6-3)94-112-100(105)88-85-82-79-76-73-70-67-65-62-60-58-56-54-51-49-44-42-40-38-36-34-32-29-26-23-20-17-14-11-8-5-2/h7,9-10,12,16-21,25-30,33-36,39-42,68,71,96-98,102-103H,4-6,8,11,13-15,22-24,31-32,37-38,43-67,69-70,72-95H2,1-3H3,(H,107,108)(H,109,110)/b10-7-,12-9-,19-16-,20-17-,21-18-,28-25-,29-26-,30-27-,35-33-,36-34-,41-39-,42-40-,71-68-. The van der Waals surface area contributed by atoms with Gasteiger partial charge in [0.2, 0.25) is 0 Å². The van der Waals surface area contributed by atoms with Crippen LogP contribution in [-0.4, -0.2) is 95.9 Å². The summed E-state index contributed by atoms with van der Waals surface area (Å²) in [6.45, 7) is 2.45. The molecule has 5 atom stereocenters. The van der Waals surface area contributed by atoms with E-state index in [1.165, 1.54) is 205 Å². The van der Waals surface area contributed by atoms with Gasteiger partial charge in [-0.3, -0.25) is 32.5 Å². The summed E-state index contributed by atoms with van der Waals surface area (Å²) in [6, 6.07) is 0. The molecule has 0 aromatic carbocycles. The number of carbonyl (C=O) groups excluding carboxylic acids is 3. The molecule has 0 bridgehead atoms. The number of phosphoric acid groups is 2. The average Bonchev–Trinajstić information content (AvgIpc) is 0.902. The molecule has 0 aliphatic rings. The van der Waals surface area contributed by atoms with Crippen molar-refractivity contribution in [3.8, 4) is 0 Å². The number of phosphoric ester groups is 2. The van der Waals surface area contributed by atoms with Gasteiger partial charge in [0.15, 0.2) is 6.10 Å². The second-order valence-corrected chi connectivity index (χ2v) is 34.7. The van der Waals surface area contributed by atoms with E-state index in [1.807, 2.05) is 0 Å². The van der Waals surface area contributed by atoms with E-state index in [1.54, 1.807) is 0 Å². The maximum absolute atomic E-state index is 13.0. The van der Waals surface area contributed by atoms with E-state index in [9.17, 15) is 43.5 Å². The Morgan fingerprint density at radius 3 is 0.706 bits per heavy atom. The molecule has 0 saturated carbocycles. The van der Waals surface area contributed by atoms with Gasteiger partial charge in [-0.15, -0.1) is 0 Å². The lowest BCUT2D eigenvalue weighted by Gasteiger charge is -2.21. The fraction of sp³-hybridized carbons (Fsp3) is 0.713. The first-order chi connectivity index (χ1) is 58.2. The number of ether oxygens (including phenoxy) is 3. The molecule has 0 radical (unpaired) electrons. The molecule has 0 rings (SSSR count). The van der Waals surface area contributed by atoms with Crippen LogP contribution in [-0.2, 0) is 55.8 Å². The minimum atomic E-state index is -4.95. The summed E-state index contributed by atoms with van der Waals surface area (Å²) >= 11 is 0. The van der Waals surface area contributed by atoms with Crippen LogP contribution in [0.15, 0.2) is 158 Å². The second kappa shape index (κ2) is 92.4. The van der Waals surface area contributed by atoms with Gasteiger partial charge in [-0.05, 0) is 148 Å². The third-order valence-electron chi connectivity index (χ3n) is 20.2. The van der Waals surface area contributed by atoms with E-state index in [4.69, 9.17) is 32.3 Å². The number of aliphatic hydroxyl groups is 2. The molecule has 5 unspecified atom stereocenters. The highest BCUT2D eigenvalue weighted by Crippen LogP contribution is 2.45. The van der Waals surface area contributed by atoms with Crippen molar-refractivity contribution in [2.24, 2.45) is 0 Å². The smallest absolute Gasteiger partial charge is 0.463 e. The van der Waals surface area contributed by atoms with E-state index in [0.717, 1.165) is 141 Å². The molecule has 0 saturated heterocycles. The van der Waals surface area contributed by atoms with Crippen LogP contribution in [0, 0.1) is 0 Å². The van der Waals surface area contributed by atoms with E-state index in [-0.39, 0.29) is 19.3 Å². The molecule has 0 heterocycles. The zero-order valence-electron chi connectivity index (χ0n) is 75.5. The van der Waals surface area contributed by atoms with E-state index in [0.29, 0.717) is 19.3 Å². The van der Waals surface area contributed by atoms with Crippen LogP contribution in [0.5, 0.6) is 0 Å². The van der Waals surface area contributed by atoms with Gasteiger partial charge in [-0.2, -0.15) is 0 Å². The molecule has 0 aliphatic heterocycles. The van der Waals surface area contributed by atoms with Gasteiger partial charge in [0.1, 0.15) is 25.4 Å². The summed E-state index contributed by atoms with van der Waals surface area (Å²) in [6.07, 6.45) is 119. The molecule has 0 aromatic heterocycles. The molecular weight excluding hydrogens is 1530 g/mol. The van der Waals surface area contributed by atoms with Crippen LogP contribution in [0.1, 0.15) is 406 Å². The molecule has 0 amide bonds. The summed E-state index contributed by atoms with van der Waals surface area (Å²) in [7, 11) is -9.81. The molecule has 18 heteroatoms. The molecule has 684 valence electrons. The maximum Gasteiger partial charge on any atom is 0.472 e.